The number of aryl methyl sites for hydroxylation is 1. The molecule has 0 aromatic heterocycles. The number of methoxy groups -OCH3 is 2. The Morgan fingerprint density at radius 3 is 2.24 bits per heavy atom. The smallest absolute Gasteiger partial charge is 0.124 e. The topological polar surface area (TPSA) is 47.7 Å². The van der Waals surface area contributed by atoms with Crippen molar-refractivity contribution in [3.05, 3.63) is 23.3 Å². The summed E-state index contributed by atoms with van der Waals surface area (Å²) < 4.78 is 10.7. The monoisotopic (exact) mass is 238 g/mol. The Hall–Kier alpha value is -1.26. The molecule has 1 atom stereocenters. The number of hydrogen-bond donors (Lipinski definition) is 1. The molecule has 1 aromatic carbocycles. The van der Waals surface area contributed by atoms with Crippen molar-refractivity contribution in [2.45, 2.75) is 13.0 Å². The lowest BCUT2D eigenvalue weighted by Gasteiger charge is -2.21. The van der Waals surface area contributed by atoms with Crippen LogP contribution >= 0.6 is 0 Å². The van der Waals surface area contributed by atoms with Crippen LogP contribution in [0.2, 0.25) is 0 Å². The summed E-state index contributed by atoms with van der Waals surface area (Å²) in [6, 6.07) is 3.83. The van der Waals surface area contributed by atoms with Crippen molar-refractivity contribution in [3.8, 4) is 11.5 Å². The molecule has 17 heavy (non-hydrogen) atoms. The van der Waals surface area contributed by atoms with Crippen molar-refractivity contribution in [2.24, 2.45) is 5.73 Å². The number of nitrogens with two attached hydrogens (primary N) is 1. The zero-order chi connectivity index (χ0) is 13.0. The Morgan fingerprint density at radius 1 is 1.18 bits per heavy atom. The molecule has 0 aliphatic carbocycles. The summed E-state index contributed by atoms with van der Waals surface area (Å²) in [6.45, 7) is 2.76. The van der Waals surface area contributed by atoms with E-state index >= 15 is 0 Å². The van der Waals surface area contributed by atoms with Crippen LogP contribution < -0.4 is 15.2 Å². The highest BCUT2D eigenvalue weighted by Gasteiger charge is 2.15. The molecular weight excluding hydrogens is 216 g/mol. The molecule has 0 spiro atoms. The van der Waals surface area contributed by atoms with E-state index in [0.717, 1.165) is 29.2 Å². The largest absolute Gasteiger partial charge is 0.496 e. The molecular formula is C13H22N2O2. The van der Waals surface area contributed by atoms with Crippen molar-refractivity contribution >= 4 is 0 Å². The van der Waals surface area contributed by atoms with Gasteiger partial charge in [0.15, 0.2) is 0 Å². The molecule has 0 saturated carbocycles. The van der Waals surface area contributed by atoms with Crippen LogP contribution in [0.25, 0.3) is 0 Å². The highest BCUT2D eigenvalue weighted by atomic mass is 16.5. The number of likely N-dealkylation sites (N-methyl/N-ethyl adjacent to an activating group) is 1. The Kier molecular flexibility index (Phi) is 4.78. The number of nitrogens with zero attached hydrogens (tertiary/aromatic N) is 1. The maximum Gasteiger partial charge on any atom is 0.124 e. The first-order chi connectivity index (χ1) is 7.99. The second kappa shape index (κ2) is 5.89. The Balaban J connectivity index is 3.11. The van der Waals surface area contributed by atoms with Gasteiger partial charge in [0.05, 0.1) is 14.2 Å². The minimum Gasteiger partial charge on any atom is -0.496 e. The molecule has 4 heteroatoms. The number of ether oxygens (including phenoxy) is 2. The second-order valence-electron chi connectivity index (χ2n) is 4.43. The third-order valence-electron chi connectivity index (χ3n) is 2.71. The lowest BCUT2D eigenvalue weighted by atomic mass is 10.0. The van der Waals surface area contributed by atoms with Crippen molar-refractivity contribution in [2.75, 3.05) is 34.9 Å². The Morgan fingerprint density at radius 2 is 1.76 bits per heavy atom. The van der Waals surface area contributed by atoms with E-state index in [-0.39, 0.29) is 6.04 Å². The zero-order valence-corrected chi connectivity index (χ0v) is 11.3. The van der Waals surface area contributed by atoms with Gasteiger partial charge >= 0.3 is 0 Å². The van der Waals surface area contributed by atoms with Gasteiger partial charge in [-0.25, -0.2) is 0 Å². The van der Waals surface area contributed by atoms with Crippen LogP contribution in [0.3, 0.4) is 0 Å². The third kappa shape index (κ3) is 3.35. The number of rotatable bonds is 5. The first kappa shape index (κ1) is 13.8. The molecule has 0 heterocycles. The summed E-state index contributed by atoms with van der Waals surface area (Å²) in [6.07, 6.45) is 0. The number of benzene rings is 1. The lowest BCUT2D eigenvalue weighted by Crippen LogP contribution is -2.26. The molecule has 1 aromatic rings. The molecule has 0 aliphatic rings. The summed E-state index contributed by atoms with van der Waals surface area (Å²) in [7, 11) is 7.32. The SMILES string of the molecule is COc1cc(C(N)CN(C)C)c(OC)cc1C. The van der Waals surface area contributed by atoms with Gasteiger partial charge in [0.25, 0.3) is 0 Å². The normalized spacial score (nSPS) is 12.6. The van der Waals surface area contributed by atoms with E-state index < -0.39 is 0 Å². The minimum absolute atomic E-state index is 0.0885. The Labute approximate surface area is 103 Å². The second-order valence-corrected chi connectivity index (χ2v) is 4.43. The van der Waals surface area contributed by atoms with Gasteiger partial charge in [-0.3, -0.25) is 0 Å². The van der Waals surface area contributed by atoms with E-state index in [1.54, 1.807) is 14.2 Å². The van der Waals surface area contributed by atoms with E-state index in [2.05, 4.69) is 4.90 Å². The molecule has 1 unspecified atom stereocenters. The van der Waals surface area contributed by atoms with Crippen molar-refractivity contribution in [1.29, 1.82) is 0 Å². The minimum atomic E-state index is -0.0885. The van der Waals surface area contributed by atoms with Gasteiger partial charge in [-0.05, 0) is 38.7 Å². The summed E-state index contributed by atoms with van der Waals surface area (Å²) in [4.78, 5) is 2.05. The molecule has 1 rings (SSSR count). The first-order valence-electron chi connectivity index (χ1n) is 5.62. The fourth-order valence-electron chi connectivity index (χ4n) is 1.86. The molecule has 0 amide bonds. The van der Waals surface area contributed by atoms with Crippen LogP contribution in [-0.2, 0) is 0 Å². The van der Waals surface area contributed by atoms with Crippen LogP contribution in [0, 0.1) is 6.92 Å². The molecule has 96 valence electrons. The van der Waals surface area contributed by atoms with Crippen LogP contribution in [0.1, 0.15) is 17.2 Å². The van der Waals surface area contributed by atoms with Gasteiger partial charge in [0, 0.05) is 18.2 Å². The van der Waals surface area contributed by atoms with E-state index in [9.17, 15) is 0 Å². The van der Waals surface area contributed by atoms with Crippen LogP contribution in [0.5, 0.6) is 11.5 Å². The van der Waals surface area contributed by atoms with Gasteiger partial charge in [0.1, 0.15) is 11.5 Å². The van der Waals surface area contributed by atoms with Crippen LogP contribution in [-0.4, -0.2) is 39.8 Å². The van der Waals surface area contributed by atoms with Gasteiger partial charge in [-0.1, -0.05) is 0 Å². The average molecular weight is 238 g/mol. The van der Waals surface area contributed by atoms with Gasteiger partial charge in [-0.15, -0.1) is 0 Å². The van der Waals surface area contributed by atoms with Crippen molar-refractivity contribution < 1.29 is 9.47 Å². The first-order valence-corrected chi connectivity index (χ1v) is 5.62. The predicted molar refractivity (Wildman–Crippen MR) is 69.8 cm³/mol. The van der Waals surface area contributed by atoms with Gasteiger partial charge in [-0.2, -0.15) is 0 Å². The summed E-state index contributed by atoms with van der Waals surface area (Å²) in [5.41, 5.74) is 8.19. The maximum absolute atomic E-state index is 6.17. The Bertz CT molecular complexity index is 378. The van der Waals surface area contributed by atoms with Crippen molar-refractivity contribution in [3.63, 3.8) is 0 Å². The van der Waals surface area contributed by atoms with E-state index in [1.165, 1.54) is 0 Å². The third-order valence-corrected chi connectivity index (χ3v) is 2.71. The van der Waals surface area contributed by atoms with E-state index in [0.29, 0.717) is 0 Å². The predicted octanol–water partition coefficient (Wildman–Crippen LogP) is 1.57. The highest BCUT2D eigenvalue weighted by molar-refractivity contribution is 5.47. The lowest BCUT2D eigenvalue weighted by molar-refractivity contribution is 0.359. The summed E-state index contributed by atoms with van der Waals surface area (Å²) in [5, 5.41) is 0. The summed E-state index contributed by atoms with van der Waals surface area (Å²) in [5.74, 6) is 1.66. The van der Waals surface area contributed by atoms with E-state index in [4.69, 9.17) is 15.2 Å². The standard InChI is InChI=1S/C13H22N2O2/c1-9-6-13(17-5)10(7-12(9)16-4)11(14)8-15(2)3/h6-7,11H,8,14H2,1-5H3. The maximum atomic E-state index is 6.17. The molecule has 0 saturated heterocycles. The zero-order valence-electron chi connectivity index (χ0n) is 11.3. The summed E-state index contributed by atoms with van der Waals surface area (Å²) >= 11 is 0. The molecule has 0 aliphatic heterocycles. The fourth-order valence-corrected chi connectivity index (χ4v) is 1.86. The quantitative estimate of drug-likeness (QED) is 0.846. The molecule has 0 radical (unpaired) electrons. The number of hydrogen-bond acceptors (Lipinski definition) is 4. The van der Waals surface area contributed by atoms with Crippen molar-refractivity contribution in [1.82, 2.24) is 4.90 Å². The molecule has 0 bridgehead atoms. The van der Waals surface area contributed by atoms with Crippen LogP contribution in [0.15, 0.2) is 12.1 Å². The molecule has 2 N–H and O–H groups in total. The highest BCUT2D eigenvalue weighted by Crippen LogP contribution is 2.31. The average Bonchev–Trinajstić information content (AvgIpc) is 2.27. The molecule has 0 fully saturated rings. The molecule has 4 nitrogen and oxygen atoms in total. The van der Waals surface area contributed by atoms with Gasteiger partial charge < -0.3 is 20.1 Å². The fraction of sp³-hybridized carbons (Fsp3) is 0.538. The van der Waals surface area contributed by atoms with E-state index in [1.807, 2.05) is 33.2 Å². The van der Waals surface area contributed by atoms with Crippen LogP contribution in [0.4, 0.5) is 0 Å². The van der Waals surface area contributed by atoms with Gasteiger partial charge in [0.2, 0.25) is 0 Å².